The number of nitrogens with two attached hydrogens (primary N) is 1. The molecule has 2 heterocycles. The first-order chi connectivity index (χ1) is 8.31. The zero-order valence-electron chi connectivity index (χ0n) is 10.7. The van der Waals surface area contributed by atoms with Crippen LogP contribution in [0.1, 0.15) is 31.9 Å². The average molecular weight is 237 g/mol. The first kappa shape index (κ1) is 12.5. The molecule has 17 heavy (non-hydrogen) atoms. The molecule has 1 aliphatic heterocycles. The van der Waals surface area contributed by atoms with Crippen molar-refractivity contribution in [2.75, 3.05) is 19.6 Å². The van der Waals surface area contributed by atoms with Crippen molar-refractivity contribution in [1.29, 1.82) is 0 Å². The highest BCUT2D eigenvalue weighted by atomic mass is 15.4. The molecule has 1 aromatic rings. The predicted octanol–water partition coefficient (Wildman–Crippen LogP) is 0.859. The monoisotopic (exact) mass is 237 g/mol. The number of hydrogen-bond donors (Lipinski definition) is 1. The van der Waals surface area contributed by atoms with Crippen LogP contribution in [0, 0.1) is 5.92 Å². The van der Waals surface area contributed by atoms with Crippen LogP contribution in [0.2, 0.25) is 0 Å². The van der Waals surface area contributed by atoms with Crippen molar-refractivity contribution in [3.8, 4) is 0 Å². The van der Waals surface area contributed by atoms with E-state index in [0.29, 0.717) is 6.54 Å². The summed E-state index contributed by atoms with van der Waals surface area (Å²) in [5, 5.41) is 8.25. The second-order valence-corrected chi connectivity index (χ2v) is 4.89. The molecular weight excluding hydrogens is 214 g/mol. The number of likely N-dealkylation sites (tertiary alicyclic amines) is 1. The number of aromatic nitrogens is 3. The maximum Gasteiger partial charge on any atom is 0.0967 e. The third-order valence-corrected chi connectivity index (χ3v) is 3.61. The third kappa shape index (κ3) is 3.51. The van der Waals surface area contributed by atoms with Gasteiger partial charge in [0.25, 0.3) is 0 Å². The molecule has 1 fully saturated rings. The Morgan fingerprint density at radius 1 is 1.41 bits per heavy atom. The van der Waals surface area contributed by atoms with Crippen LogP contribution in [-0.2, 0) is 13.1 Å². The Labute approximate surface area is 103 Å². The summed E-state index contributed by atoms with van der Waals surface area (Å²) in [6, 6.07) is 0. The van der Waals surface area contributed by atoms with Crippen LogP contribution in [0.15, 0.2) is 6.20 Å². The maximum atomic E-state index is 5.49. The molecule has 1 aliphatic rings. The maximum absolute atomic E-state index is 5.49. The summed E-state index contributed by atoms with van der Waals surface area (Å²) in [4.78, 5) is 2.48. The molecule has 0 saturated carbocycles. The van der Waals surface area contributed by atoms with E-state index in [-0.39, 0.29) is 0 Å². The Balaban J connectivity index is 1.80. The van der Waals surface area contributed by atoms with E-state index in [1.165, 1.54) is 32.4 Å². The summed E-state index contributed by atoms with van der Waals surface area (Å²) >= 11 is 0. The van der Waals surface area contributed by atoms with Gasteiger partial charge in [0, 0.05) is 19.3 Å². The molecule has 1 saturated heterocycles. The lowest BCUT2D eigenvalue weighted by molar-refractivity contribution is 0.173. The molecule has 0 aromatic carbocycles. The largest absolute Gasteiger partial charge is 0.329 e. The second kappa shape index (κ2) is 6.12. The molecule has 0 unspecified atom stereocenters. The highest BCUT2D eigenvalue weighted by Crippen LogP contribution is 2.20. The summed E-state index contributed by atoms with van der Waals surface area (Å²) in [5.74, 6) is 0.930. The Morgan fingerprint density at radius 3 is 2.82 bits per heavy atom. The lowest BCUT2D eigenvalue weighted by Gasteiger charge is -2.30. The fraction of sp³-hybridized carbons (Fsp3) is 0.833. The topological polar surface area (TPSA) is 60.0 Å². The molecule has 0 atom stereocenters. The van der Waals surface area contributed by atoms with Crippen LogP contribution in [0.25, 0.3) is 0 Å². The zero-order chi connectivity index (χ0) is 12.1. The molecular formula is C12H23N5. The second-order valence-electron chi connectivity index (χ2n) is 4.89. The van der Waals surface area contributed by atoms with Gasteiger partial charge in [0.1, 0.15) is 0 Å². The summed E-state index contributed by atoms with van der Waals surface area (Å²) in [7, 11) is 0. The van der Waals surface area contributed by atoms with E-state index in [0.717, 1.165) is 24.7 Å². The SMILES string of the molecule is CCC1CCN(Cc2cn(CCN)nn2)CC1. The Hall–Kier alpha value is -0.940. The number of piperidine rings is 1. The minimum atomic E-state index is 0.616. The van der Waals surface area contributed by atoms with Gasteiger partial charge in [-0.3, -0.25) is 9.58 Å². The van der Waals surface area contributed by atoms with Gasteiger partial charge in [-0.15, -0.1) is 5.10 Å². The smallest absolute Gasteiger partial charge is 0.0967 e. The van der Waals surface area contributed by atoms with Crippen molar-refractivity contribution in [1.82, 2.24) is 19.9 Å². The van der Waals surface area contributed by atoms with Gasteiger partial charge < -0.3 is 5.73 Å². The fourth-order valence-electron chi connectivity index (χ4n) is 2.43. The molecule has 0 bridgehead atoms. The standard InChI is InChI=1S/C12H23N5/c1-2-11-3-6-16(7-4-11)9-12-10-17(8-5-13)15-14-12/h10-11H,2-9,13H2,1H3. The van der Waals surface area contributed by atoms with Gasteiger partial charge in [-0.05, 0) is 31.8 Å². The molecule has 96 valence electrons. The van der Waals surface area contributed by atoms with Crippen LogP contribution >= 0.6 is 0 Å². The van der Waals surface area contributed by atoms with E-state index < -0.39 is 0 Å². The quantitative estimate of drug-likeness (QED) is 0.825. The zero-order valence-corrected chi connectivity index (χ0v) is 10.7. The lowest BCUT2D eigenvalue weighted by atomic mass is 9.94. The van der Waals surface area contributed by atoms with Crippen LogP contribution in [-0.4, -0.2) is 39.5 Å². The van der Waals surface area contributed by atoms with Crippen LogP contribution < -0.4 is 5.73 Å². The molecule has 5 nitrogen and oxygen atoms in total. The van der Waals surface area contributed by atoms with Crippen molar-refractivity contribution in [3.63, 3.8) is 0 Å². The summed E-state index contributed by atoms with van der Waals surface area (Å²) in [5.41, 5.74) is 6.55. The minimum absolute atomic E-state index is 0.616. The van der Waals surface area contributed by atoms with Gasteiger partial charge in [-0.25, -0.2) is 0 Å². The van der Waals surface area contributed by atoms with Crippen molar-refractivity contribution >= 4 is 0 Å². The Bertz CT molecular complexity index is 327. The van der Waals surface area contributed by atoms with Crippen molar-refractivity contribution in [2.45, 2.75) is 39.3 Å². The van der Waals surface area contributed by atoms with Crippen molar-refractivity contribution in [2.24, 2.45) is 11.7 Å². The minimum Gasteiger partial charge on any atom is -0.329 e. The highest BCUT2D eigenvalue weighted by Gasteiger charge is 2.18. The predicted molar refractivity (Wildman–Crippen MR) is 67.4 cm³/mol. The van der Waals surface area contributed by atoms with E-state index in [1.54, 1.807) is 0 Å². The summed E-state index contributed by atoms with van der Waals surface area (Å²) in [6.45, 7) is 6.99. The van der Waals surface area contributed by atoms with E-state index in [9.17, 15) is 0 Å². The summed E-state index contributed by atoms with van der Waals surface area (Å²) in [6.07, 6.45) is 5.99. The first-order valence-corrected chi connectivity index (χ1v) is 6.63. The molecule has 0 radical (unpaired) electrons. The van der Waals surface area contributed by atoms with E-state index in [2.05, 4.69) is 22.1 Å². The van der Waals surface area contributed by atoms with Crippen LogP contribution in [0.4, 0.5) is 0 Å². The van der Waals surface area contributed by atoms with Gasteiger partial charge in [0.2, 0.25) is 0 Å². The Kier molecular flexibility index (Phi) is 4.50. The fourth-order valence-corrected chi connectivity index (χ4v) is 2.43. The Morgan fingerprint density at radius 2 is 2.18 bits per heavy atom. The van der Waals surface area contributed by atoms with Gasteiger partial charge >= 0.3 is 0 Å². The molecule has 1 aromatic heterocycles. The average Bonchev–Trinajstić information content (AvgIpc) is 2.78. The van der Waals surface area contributed by atoms with Crippen LogP contribution in [0.3, 0.4) is 0 Å². The van der Waals surface area contributed by atoms with Crippen molar-refractivity contribution in [3.05, 3.63) is 11.9 Å². The first-order valence-electron chi connectivity index (χ1n) is 6.63. The lowest BCUT2D eigenvalue weighted by Crippen LogP contribution is -2.33. The van der Waals surface area contributed by atoms with Gasteiger partial charge in [0.05, 0.1) is 12.2 Å². The molecule has 2 rings (SSSR count). The molecule has 0 amide bonds. The normalized spacial score (nSPS) is 18.7. The number of rotatable bonds is 5. The highest BCUT2D eigenvalue weighted by molar-refractivity contribution is 4.93. The molecule has 0 aliphatic carbocycles. The van der Waals surface area contributed by atoms with E-state index in [4.69, 9.17) is 5.73 Å². The van der Waals surface area contributed by atoms with Crippen molar-refractivity contribution < 1.29 is 0 Å². The number of hydrogen-bond acceptors (Lipinski definition) is 4. The van der Waals surface area contributed by atoms with Gasteiger partial charge in [0.15, 0.2) is 0 Å². The van der Waals surface area contributed by atoms with Gasteiger partial charge in [-0.2, -0.15) is 0 Å². The van der Waals surface area contributed by atoms with Gasteiger partial charge in [-0.1, -0.05) is 18.6 Å². The third-order valence-electron chi connectivity index (χ3n) is 3.61. The van der Waals surface area contributed by atoms with Crippen LogP contribution in [0.5, 0.6) is 0 Å². The van der Waals surface area contributed by atoms with E-state index >= 15 is 0 Å². The molecule has 0 spiro atoms. The number of nitrogens with zero attached hydrogens (tertiary/aromatic N) is 4. The molecule has 5 heteroatoms. The van der Waals surface area contributed by atoms with E-state index in [1.807, 2.05) is 10.9 Å². The molecule has 2 N–H and O–H groups in total. The summed E-state index contributed by atoms with van der Waals surface area (Å²) < 4.78 is 1.83.